The molecule has 0 radical (unpaired) electrons. The molecular weight excluding hydrogens is 298 g/mol. The molecule has 2 atom stereocenters. The van der Waals surface area contributed by atoms with E-state index >= 15 is 0 Å². The van der Waals surface area contributed by atoms with E-state index in [1.807, 2.05) is 17.0 Å². The fourth-order valence-electron chi connectivity index (χ4n) is 3.27. The van der Waals surface area contributed by atoms with Crippen molar-refractivity contribution in [3.8, 4) is 0 Å². The van der Waals surface area contributed by atoms with E-state index in [2.05, 4.69) is 30.9 Å². The molecule has 1 aliphatic rings. The Morgan fingerprint density at radius 2 is 2.09 bits per heavy atom. The second-order valence-corrected chi connectivity index (χ2v) is 6.62. The molecule has 0 spiro atoms. The van der Waals surface area contributed by atoms with Gasteiger partial charge in [-0.25, -0.2) is 0 Å². The number of hydrogen-bond acceptors (Lipinski definition) is 3. The predicted octanol–water partition coefficient (Wildman–Crippen LogP) is 2.91. The fraction of sp³-hybridized carbons (Fsp3) is 0.412. The van der Waals surface area contributed by atoms with Crippen LogP contribution in [0, 0.1) is 5.92 Å². The molecule has 1 aliphatic heterocycles. The Bertz CT molecular complexity index is 716. The minimum Gasteiger partial charge on any atom is -0.337 e. The van der Waals surface area contributed by atoms with Gasteiger partial charge in [-0.05, 0) is 44.3 Å². The highest BCUT2D eigenvalue weighted by atomic mass is 35.5. The number of hydrogen-bond donors (Lipinski definition) is 0. The van der Waals surface area contributed by atoms with Gasteiger partial charge in [-0.3, -0.25) is 9.78 Å². The van der Waals surface area contributed by atoms with Crippen LogP contribution in [-0.4, -0.2) is 53.9 Å². The summed E-state index contributed by atoms with van der Waals surface area (Å²) in [6, 6.07) is 7.70. The number of likely N-dealkylation sites (tertiary alicyclic amines) is 1. The first kappa shape index (κ1) is 15.3. The Morgan fingerprint density at radius 3 is 2.77 bits per heavy atom. The maximum Gasteiger partial charge on any atom is 0.256 e. The molecule has 1 aromatic carbocycles. The number of fused-ring (bicyclic) bond motifs is 1. The molecule has 0 N–H and O–H groups in total. The Hall–Kier alpha value is -1.65. The zero-order valence-corrected chi connectivity index (χ0v) is 13.8. The average Bonchev–Trinajstić information content (AvgIpc) is 2.89. The van der Waals surface area contributed by atoms with Crippen molar-refractivity contribution in [2.75, 3.05) is 27.2 Å². The number of carbonyl (C=O) groups is 1. The number of carbonyl (C=O) groups excluding carboxylic acids is 1. The van der Waals surface area contributed by atoms with Crippen molar-refractivity contribution in [3.05, 3.63) is 41.0 Å². The van der Waals surface area contributed by atoms with Gasteiger partial charge < -0.3 is 9.80 Å². The number of rotatable bonds is 2. The molecule has 0 saturated carbocycles. The third kappa shape index (κ3) is 2.57. The third-order valence-electron chi connectivity index (χ3n) is 4.47. The average molecular weight is 318 g/mol. The second-order valence-electron chi connectivity index (χ2n) is 6.21. The monoisotopic (exact) mass is 317 g/mol. The standard InChI is InChI=1S/C17H20ClN3O/c1-11-9-21(10-15(11)20(2)3)17(22)13-6-7-14(18)12-5-4-8-19-16(12)13/h4-8,11,15H,9-10H2,1-3H3/t11-,15-/m1/s1. The zero-order valence-electron chi connectivity index (χ0n) is 13.1. The number of benzene rings is 1. The Labute approximate surface area is 135 Å². The number of amides is 1. The molecule has 1 saturated heterocycles. The number of nitrogens with zero attached hydrogens (tertiary/aromatic N) is 3. The van der Waals surface area contributed by atoms with E-state index in [0.717, 1.165) is 18.5 Å². The molecule has 0 aliphatic carbocycles. The Morgan fingerprint density at radius 1 is 1.32 bits per heavy atom. The van der Waals surface area contributed by atoms with Crippen LogP contribution in [0.15, 0.2) is 30.5 Å². The topological polar surface area (TPSA) is 36.4 Å². The van der Waals surface area contributed by atoms with Crippen molar-refractivity contribution in [2.24, 2.45) is 5.92 Å². The van der Waals surface area contributed by atoms with Gasteiger partial charge in [0.05, 0.1) is 16.1 Å². The number of pyridine rings is 1. The SMILES string of the molecule is C[C@@H]1CN(C(=O)c2ccc(Cl)c3cccnc23)C[C@H]1N(C)C. The van der Waals surface area contributed by atoms with E-state index in [4.69, 9.17) is 11.6 Å². The number of likely N-dealkylation sites (N-methyl/N-ethyl adjacent to an activating group) is 1. The van der Waals surface area contributed by atoms with Crippen molar-refractivity contribution in [3.63, 3.8) is 0 Å². The van der Waals surface area contributed by atoms with Gasteiger partial charge in [0.15, 0.2) is 0 Å². The molecular formula is C17H20ClN3O. The van der Waals surface area contributed by atoms with Crippen LogP contribution in [0.1, 0.15) is 17.3 Å². The van der Waals surface area contributed by atoms with Crippen LogP contribution in [0.2, 0.25) is 5.02 Å². The van der Waals surface area contributed by atoms with E-state index in [9.17, 15) is 4.79 Å². The van der Waals surface area contributed by atoms with E-state index in [0.29, 0.717) is 28.1 Å². The highest BCUT2D eigenvalue weighted by Gasteiger charge is 2.34. The molecule has 22 heavy (non-hydrogen) atoms. The Kier molecular flexibility index (Phi) is 4.06. The van der Waals surface area contributed by atoms with E-state index in [1.54, 1.807) is 18.3 Å². The van der Waals surface area contributed by atoms with Crippen LogP contribution in [0.5, 0.6) is 0 Å². The lowest BCUT2D eigenvalue weighted by atomic mass is 10.1. The van der Waals surface area contributed by atoms with Crippen molar-refractivity contribution in [1.29, 1.82) is 0 Å². The van der Waals surface area contributed by atoms with Gasteiger partial charge in [-0.1, -0.05) is 18.5 Å². The van der Waals surface area contributed by atoms with Crippen LogP contribution < -0.4 is 0 Å². The van der Waals surface area contributed by atoms with Gasteiger partial charge >= 0.3 is 0 Å². The summed E-state index contributed by atoms with van der Waals surface area (Å²) in [5.41, 5.74) is 1.31. The molecule has 4 nitrogen and oxygen atoms in total. The van der Waals surface area contributed by atoms with Gasteiger partial charge in [0.25, 0.3) is 5.91 Å². The van der Waals surface area contributed by atoms with Gasteiger partial charge in [-0.2, -0.15) is 0 Å². The van der Waals surface area contributed by atoms with Crippen molar-refractivity contribution < 1.29 is 4.79 Å². The van der Waals surface area contributed by atoms with Gasteiger partial charge in [0.1, 0.15) is 0 Å². The quantitative estimate of drug-likeness (QED) is 0.854. The first-order valence-electron chi connectivity index (χ1n) is 7.48. The van der Waals surface area contributed by atoms with Crippen LogP contribution in [0.4, 0.5) is 0 Å². The van der Waals surface area contributed by atoms with Crippen LogP contribution in [0.3, 0.4) is 0 Å². The van der Waals surface area contributed by atoms with E-state index in [1.165, 1.54) is 0 Å². The minimum atomic E-state index is 0.0385. The van der Waals surface area contributed by atoms with E-state index < -0.39 is 0 Å². The molecule has 5 heteroatoms. The maximum atomic E-state index is 12.9. The number of aromatic nitrogens is 1. The summed E-state index contributed by atoms with van der Waals surface area (Å²) in [5, 5.41) is 1.45. The summed E-state index contributed by atoms with van der Waals surface area (Å²) in [6.45, 7) is 3.72. The smallest absolute Gasteiger partial charge is 0.256 e. The van der Waals surface area contributed by atoms with Gasteiger partial charge in [-0.15, -0.1) is 0 Å². The second kappa shape index (κ2) is 5.86. The molecule has 1 amide bonds. The first-order valence-corrected chi connectivity index (χ1v) is 7.85. The lowest BCUT2D eigenvalue weighted by Gasteiger charge is -2.22. The summed E-state index contributed by atoms with van der Waals surface area (Å²) in [7, 11) is 4.13. The summed E-state index contributed by atoms with van der Waals surface area (Å²) < 4.78 is 0. The fourth-order valence-corrected chi connectivity index (χ4v) is 3.48. The van der Waals surface area contributed by atoms with Crippen LogP contribution in [0.25, 0.3) is 10.9 Å². The van der Waals surface area contributed by atoms with Crippen molar-refractivity contribution in [1.82, 2.24) is 14.8 Å². The summed E-state index contributed by atoms with van der Waals surface area (Å²) in [5.74, 6) is 0.502. The summed E-state index contributed by atoms with van der Waals surface area (Å²) >= 11 is 6.21. The molecule has 2 aromatic rings. The largest absolute Gasteiger partial charge is 0.337 e. The molecule has 0 unspecified atom stereocenters. The van der Waals surface area contributed by atoms with Gasteiger partial charge in [0, 0.05) is 30.7 Å². The maximum absolute atomic E-state index is 12.9. The highest BCUT2D eigenvalue weighted by Crippen LogP contribution is 2.28. The van der Waals surface area contributed by atoms with Crippen molar-refractivity contribution in [2.45, 2.75) is 13.0 Å². The molecule has 116 valence electrons. The molecule has 1 fully saturated rings. The molecule has 1 aromatic heterocycles. The summed E-state index contributed by atoms with van der Waals surface area (Å²) in [4.78, 5) is 21.4. The predicted molar refractivity (Wildman–Crippen MR) is 89.3 cm³/mol. The molecule has 2 heterocycles. The minimum absolute atomic E-state index is 0.0385. The van der Waals surface area contributed by atoms with Gasteiger partial charge in [0.2, 0.25) is 0 Å². The number of halogens is 1. The first-order chi connectivity index (χ1) is 10.5. The summed E-state index contributed by atoms with van der Waals surface area (Å²) in [6.07, 6.45) is 1.70. The van der Waals surface area contributed by atoms with Crippen LogP contribution in [-0.2, 0) is 0 Å². The zero-order chi connectivity index (χ0) is 15.9. The lowest BCUT2D eigenvalue weighted by Crippen LogP contribution is -2.35. The lowest BCUT2D eigenvalue weighted by molar-refractivity contribution is 0.0783. The third-order valence-corrected chi connectivity index (χ3v) is 4.80. The molecule has 3 rings (SSSR count). The van der Waals surface area contributed by atoms with Crippen LogP contribution >= 0.6 is 11.6 Å². The van der Waals surface area contributed by atoms with E-state index in [-0.39, 0.29) is 5.91 Å². The normalized spacial score (nSPS) is 21.8. The highest BCUT2D eigenvalue weighted by molar-refractivity contribution is 6.36. The Balaban J connectivity index is 1.96. The van der Waals surface area contributed by atoms with Crippen molar-refractivity contribution >= 4 is 28.4 Å². The molecule has 0 bridgehead atoms.